The lowest BCUT2D eigenvalue weighted by atomic mass is 9.53. The fraction of sp³-hybridized carbons (Fsp3) is 0.483. The van der Waals surface area contributed by atoms with Gasteiger partial charge in [0, 0.05) is 35.4 Å². The van der Waals surface area contributed by atoms with Crippen molar-refractivity contribution in [3.8, 4) is 0 Å². The first kappa shape index (κ1) is 23.2. The van der Waals surface area contributed by atoms with E-state index in [0.717, 1.165) is 24.3 Å². The highest BCUT2D eigenvalue weighted by Crippen LogP contribution is 2.55. The molecule has 1 saturated heterocycles. The standard InChI is InChI=1S/C29H34N4O3/c34-26-9-8-25(28(36)33-26)31-23-2-1-3-24(13-23)32-27(35)22-6-4-18(5-7-22)17-30-29-14-19-10-20(15-29)12-21(11-19)16-29/h1-7,13,19-21,25,30-31H,8-12,14-17H2,(H,32,35)(H,33,34,36). The van der Waals surface area contributed by atoms with Crippen molar-refractivity contribution in [2.24, 2.45) is 17.8 Å². The Balaban J connectivity index is 1.04. The number of imide groups is 1. The normalized spacial score (nSPS) is 30.7. The lowest BCUT2D eigenvalue weighted by Crippen LogP contribution is -2.58. The summed E-state index contributed by atoms with van der Waals surface area (Å²) in [4.78, 5) is 36.2. The molecular weight excluding hydrogens is 452 g/mol. The summed E-state index contributed by atoms with van der Waals surface area (Å²) in [5.74, 6) is 2.04. The molecular formula is C29H34N4O3. The summed E-state index contributed by atoms with van der Waals surface area (Å²) < 4.78 is 0. The molecule has 0 radical (unpaired) electrons. The highest BCUT2D eigenvalue weighted by atomic mass is 16.2. The number of nitrogens with one attached hydrogen (secondary N) is 4. The van der Waals surface area contributed by atoms with Crippen molar-refractivity contribution in [2.75, 3.05) is 10.6 Å². The molecule has 1 aliphatic heterocycles. The number of anilines is 2. The third kappa shape index (κ3) is 4.89. The minimum atomic E-state index is -0.465. The second-order valence-electron chi connectivity index (χ2n) is 11.4. The van der Waals surface area contributed by atoms with Crippen molar-refractivity contribution >= 4 is 29.1 Å². The molecule has 36 heavy (non-hydrogen) atoms. The number of benzene rings is 2. The Morgan fingerprint density at radius 1 is 0.917 bits per heavy atom. The summed E-state index contributed by atoms with van der Waals surface area (Å²) in [6.45, 7) is 0.849. The van der Waals surface area contributed by atoms with Crippen LogP contribution in [0, 0.1) is 17.8 Å². The Kier molecular flexibility index (Phi) is 6.04. The number of rotatable bonds is 7. The third-order valence-corrected chi connectivity index (χ3v) is 8.62. The molecule has 1 atom stereocenters. The first-order valence-corrected chi connectivity index (χ1v) is 13.3. The number of amides is 3. The molecule has 1 unspecified atom stereocenters. The quantitative estimate of drug-likeness (QED) is 0.440. The van der Waals surface area contributed by atoms with Gasteiger partial charge in [-0.3, -0.25) is 19.7 Å². The topological polar surface area (TPSA) is 99.3 Å². The van der Waals surface area contributed by atoms with Crippen LogP contribution >= 0.6 is 0 Å². The van der Waals surface area contributed by atoms with Gasteiger partial charge in [-0.25, -0.2) is 0 Å². The Bertz CT molecular complexity index is 1140. The predicted octanol–water partition coefficient (Wildman–Crippen LogP) is 4.21. The van der Waals surface area contributed by atoms with E-state index < -0.39 is 6.04 Å². The zero-order valence-corrected chi connectivity index (χ0v) is 20.5. The van der Waals surface area contributed by atoms with Gasteiger partial charge in [0.15, 0.2) is 0 Å². The zero-order valence-electron chi connectivity index (χ0n) is 20.5. The highest BCUT2D eigenvalue weighted by molar-refractivity contribution is 6.04. The van der Waals surface area contributed by atoms with E-state index in [4.69, 9.17) is 0 Å². The van der Waals surface area contributed by atoms with Gasteiger partial charge in [-0.05, 0) is 98.6 Å². The Morgan fingerprint density at radius 3 is 2.25 bits per heavy atom. The molecule has 2 aromatic carbocycles. The molecule has 2 aromatic rings. The second kappa shape index (κ2) is 9.36. The van der Waals surface area contributed by atoms with Crippen LogP contribution in [-0.2, 0) is 16.1 Å². The fourth-order valence-electron chi connectivity index (χ4n) is 7.31. The maximum atomic E-state index is 12.9. The van der Waals surface area contributed by atoms with Crippen LogP contribution in [0.1, 0.15) is 67.3 Å². The van der Waals surface area contributed by atoms with E-state index in [1.54, 1.807) is 6.07 Å². The van der Waals surface area contributed by atoms with Crippen molar-refractivity contribution in [1.82, 2.24) is 10.6 Å². The lowest BCUT2D eigenvalue weighted by molar-refractivity contribution is -0.133. The van der Waals surface area contributed by atoms with Crippen LogP contribution in [0.15, 0.2) is 48.5 Å². The van der Waals surface area contributed by atoms with Gasteiger partial charge in [-0.1, -0.05) is 18.2 Å². The zero-order chi connectivity index (χ0) is 24.7. The molecule has 5 aliphatic rings. The molecule has 7 heteroatoms. The number of carbonyl (C=O) groups is 3. The van der Waals surface area contributed by atoms with Crippen LogP contribution in [0.4, 0.5) is 11.4 Å². The maximum Gasteiger partial charge on any atom is 0.255 e. The fourth-order valence-corrected chi connectivity index (χ4v) is 7.31. The number of hydrogen-bond acceptors (Lipinski definition) is 5. The minimum absolute atomic E-state index is 0.172. The summed E-state index contributed by atoms with van der Waals surface area (Å²) in [6.07, 6.45) is 9.09. The Morgan fingerprint density at radius 2 is 1.58 bits per heavy atom. The van der Waals surface area contributed by atoms with Crippen LogP contribution in [0.3, 0.4) is 0 Å². The van der Waals surface area contributed by atoms with E-state index in [1.807, 2.05) is 42.5 Å². The van der Waals surface area contributed by atoms with Crippen LogP contribution in [0.5, 0.6) is 0 Å². The molecule has 188 valence electrons. The molecule has 4 aliphatic carbocycles. The van der Waals surface area contributed by atoms with Gasteiger partial charge in [-0.2, -0.15) is 0 Å². The molecule has 5 fully saturated rings. The van der Waals surface area contributed by atoms with Gasteiger partial charge in [0.05, 0.1) is 0 Å². The van der Waals surface area contributed by atoms with Gasteiger partial charge in [0.2, 0.25) is 11.8 Å². The van der Waals surface area contributed by atoms with Crippen molar-refractivity contribution in [1.29, 1.82) is 0 Å². The smallest absolute Gasteiger partial charge is 0.255 e. The molecule has 4 saturated carbocycles. The number of carbonyl (C=O) groups excluding carboxylic acids is 3. The molecule has 7 nitrogen and oxygen atoms in total. The lowest BCUT2D eigenvalue weighted by Gasteiger charge is -2.57. The van der Waals surface area contributed by atoms with Crippen LogP contribution in [0.25, 0.3) is 0 Å². The minimum Gasteiger partial charge on any atom is -0.374 e. The average molecular weight is 487 g/mol. The summed E-state index contributed by atoms with van der Waals surface area (Å²) in [5.41, 5.74) is 3.51. The first-order valence-electron chi connectivity index (χ1n) is 13.3. The van der Waals surface area contributed by atoms with E-state index in [9.17, 15) is 14.4 Å². The van der Waals surface area contributed by atoms with Crippen molar-refractivity contribution in [3.63, 3.8) is 0 Å². The highest BCUT2D eigenvalue weighted by Gasteiger charge is 2.50. The first-order chi connectivity index (χ1) is 17.4. The molecule has 4 N–H and O–H groups in total. The van der Waals surface area contributed by atoms with Crippen LogP contribution in [0.2, 0.25) is 0 Å². The largest absolute Gasteiger partial charge is 0.374 e. The van der Waals surface area contributed by atoms with E-state index in [0.29, 0.717) is 35.3 Å². The van der Waals surface area contributed by atoms with E-state index in [2.05, 4.69) is 21.3 Å². The Hall–Kier alpha value is -3.19. The molecule has 0 spiro atoms. The van der Waals surface area contributed by atoms with Crippen LogP contribution < -0.4 is 21.3 Å². The number of piperidine rings is 1. The monoisotopic (exact) mass is 486 g/mol. The second-order valence-corrected chi connectivity index (χ2v) is 11.4. The van der Waals surface area contributed by atoms with E-state index in [1.165, 1.54) is 44.1 Å². The SMILES string of the molecule is O=C1CCC(Nc2cccc(NC(=O)c3ccc(CNC45CC6CC(CC(C6)C4)C5)cc3)c2)C(=O)N1. The summed E-state index contributed by atoms with van der Waals surface area (Å²) >= 11 is 0. The van der Waals surface area contributed by atoms with Gasteiger partial charge in [-0.15, -0.1) is 0 Å². The van der Waals surface area contributed by atoms with Gasteiger partial charge in [0.1, 0.15) is 6.04 Å². The van der Waals surface area contributed by atoms with Crippen molar-refractivity contribution in [3.05, 3.63) is 59.7 Å². The van der Waals surface area contributed by atoms with Gasteiger partial charge >= 0.3 is 0 Å². The number of hydrogen-bond donors (Lipinski definition) is 4. The molecule has 0 aromatic heterocycles. The average Bonchev–Trinajstić information content (AvgIpc) is 2.84. The van der Waals surface area contributed by atoms with Gasteiger partial charge in [0.25, 0.3) is 5.91 Å². The summed E-state index contributed by atoms with van der Waals surface area (Å²) in [5, 5.41) is 12.4. The van der Waals surface area contributed by atoms with Crippen molar-refractivity contribution < 1.29 is 14.4 Å². The van der Waals surface area contributed by atoms with E-state index in [-0.39, 0.29) is 17.7 Å². The molecule has 4 bridgehead atoms. The summed E-state index contributed by atoms with van der Waals surface area (Å²) in [6, 6.07) is 14.7. The van der Waals surface area contributed by atoms with Gasteiger partial charge < -0.3 is 16.0 Å². The molecule has 7 rings (SSSR count). The predicted molar refractivity (Wildman–Crippen MR) is 138 cm³/mol. The Labute approximate surface area is 211 Å². The molecule has 1 heterocycles. The van der Waals surface area contributed by atoms with Crippen LogP contribution in [-0.4, -0.2) is 29.3 Å². The van der Waals surface area contributed by atoms with E-state index >= 15 is 0 Å². The maximum absolute atomic E-state index is 12.9. The third-order valence-electron chi connectivity index (χ3n) is 8.62. The summed E-state index contributed by atoms with van der Waals surface area (Å²) in [7, 11) is 0. The van der Waals surface area contributed by atoms with Crippen molar-refractivity contribution in [2.45, 2.75) is 69.5 Å². The molecule has 3 amide bonds.